The fourth-order valence-corrected chi connectivity index (χ4v) is 2.23. The van der Waals surface area contributed by atoms with Crippen LogP contribution in [0, 0.1) is 5.92 Å². The lowest BCUT2D eigenvalue weighted by Gasteiger charge is -2.23. The number of hydrogen-bond acceptors (Lipinski definition) is 3. The van der Waals surface area contributed by atoms with Gasteiger partial charge in [0.15, 0.2) is 6.10 Å². The molecule has 1 saturated heterocycles. The van der Waals surface area contributed by atoms with Gasteiger partial charge >= 0.3 is 0 Å². The molecular weight excluding hydrogens is 264 g/mol. The van der Waals surface area contributed by atoms with E-state index in [9.17, 15) is 9.90 Å². The Bertz CT molecular complexity index is 380. The number of hydrogen-bond donors (Lipinski definition) is 3. The van der Waals surface area contributed by atoms with Gasteiger partial charge in [-0.15, -0.1) is 12.4 Å². The number of amides is 1. The van der Waals surface area contributed by atoms with Gasteiger partial charge in [-0.2, -0.15) is 0 Å². The summed E-state index contributed by atoms with van der Waals surface area (Å²) in [5.74, 6) is 0.164. The van der Waals surface area contributed by atoms with E-state index in [1.807, 2.05) is 18.2 Å². The number of rotatable bonds is 4. The van der Waals surface area contributed by atoms with Crippen molar-refractivity contribution >= 4 is 18.3 Å². The molecule has 1 aromatic carbocycles. The minimum Gasteiger partial charge on any atom is -0.378 e. The van der Waals surface area contributed by atoms with Crippen LogP contribution in [-0.2, 0) is 4.79 Å². The Morgan fingerprint density at radius 3 is 2.79 bits per heavy atom. The molecule has 1 amide bonds. The molecule has 3 N–H and O–H groups in total. The van der Waals surface area contributed by atoms with Gasteiger partial charge in [0.1, 0.15) is 0 Å². The maximum atomic E-state index is 11.8. The number of nitrogens with one attached hydrogen (secondary N) is 2. The molecule has 19 heavy (non-hydrogen) atoms. The zero-order chi connectivity index (χ0) is 12.8. The van der Waals surface area contributed by atoms with Crippen molar-refractivity contribution in [1.82, 2.24) is 10.6 Å². The first kappa shape index (κ1) is 16.0. The second kappa shape index (κ2) is 8.15. The molecule has 2 rings (SSSR count). The van der Waals surface area contributed by atoms with Gasteiger partial charge in [0.05, 0.1) is 0 Å². The van der Waals surface area contributed by atoms with Crippen molar-refractivity contribution in [3.63, 3.8) is 0 Å². The van der Waals surface area contributed by atoms with Crippen molar-refractivity contribution in [1.29, 1.82) is 0 Å². The summed E-state index contributed by atoms with van der Waals surface area (Å²) >= 11 is 0. The van der Waals surface area contributed by atoms with Crippen LogP contribution in [0.1, 0.15) is 24.5 Å². The summed E-state index contributed by atoms with van der Waals surface area (Å²) < 4.78 is 0. The lowest BCUT2D eigenvalue weighted by Crippen LogP contribution is -2.39. The molecule has 2 unspecified atom stereocenters. The smallest absolute Gasteiger partial charge is 0.253 e. The SMILES string of the molecule is Cl.O=C(NCC1CCCNC1)C(O)c1ccccc1. The number of aliphatic hydroxyl groups excluding tert-OH is 1. The molecule has 0 radical (unpaired) electrons. The number of carbonyl (C=O) groups excluding carboxylic acids is 1. The summed E-state index contributed by atoms with van der Waals surface area (Å²) in [6.07, 6.45) is 1.22. The minimum atomic E-state index is -1.07. The fraction of sp³-hybridized carbons (Fsp3) is 0.500. The van der Waals surface area contributed by atoms with Crippen molar-refractivity contribution in [2.24, 2.45) is 5.92 Å². The molecule has 1 aliphatic heterocycles. The van der Waals surface area contributed by atoms with Gasteiger partial charge in [-0.05, 0) is 37.4 Å². The lowest BCUT2D eigenvalue weighted by atomic mass is 9.99. The van der Waals surface area contributed by atoms with Gasteiger partial charge in [-0.1, -0.05) is 30.3 Å². The van der Waals surface area contributed by atoms with Crippen LogP contribution in [0.15, 0.2) is 30.3 Å². The quantitative estimate of drug-likeness (QED) is 0.780. The molecule has 2 atom stereocenters. The van der Waals surface area contributed by atoms with E-state index >= 15 is 0 Å². The summed E-state index contributed by atoms with van der Waals surface area (Å²) in [6.45, 7) is 2.65. The predicted molar refractivity (Wildman–Crippen MR) is 77.3 cm³/mol. The minimum absolute atomic E-state index is 0. The van der Waals surface area contributed by atoms with Gasteiger partial charge < -0.3 is 15.7 Å². The number of aliphatic hydroxyl groups is 1. The molecule has 0 saturated carbocycles. The zero-order valence-corrected chi connectivity index (χ0v) is 11.7. The first-order chi connectivity index (χ1) is 8.77. The van der Waals surface area contributed by atoms with Crippen molar-refractivity contribution in [2.45, 2.75) is 18.9 Å². The maximum absolute atomic E-state index is 11.8. The average molecular weight is 285 g/mol. The molecule has 106 valence electrons. The van der Waals surface area contributed by atoms with E-state index in [-0.39, 0.29) is 18.3 Å². The van der Waals surface area contributed by atoms with E-state index in [4.69, 9.17) is 0 Å². The highest BCUT2D eigenvalue weighted by Crippen LogP contribution is 2.13. The van der Waals surface area contributed by atoms with Crippen LogP contribution in [0.25, 0.3) is 0 Å². The normalized spacial score (nSPS) is 20.2. The highest BCUT2D eigenvalue weighted by atomic mass is 35.5. The van der Waals surface area contributed by atoms with Crippen LogP contribution < -0.4 is 10.6 Å². The number of piperidine rings is 1. The second-order valence-electron chi connectivity index (χ2n) is 4.77. The standard InChI is InChI=1S/C14H20N2O2.ClH/c17-13(12-6-2-1-3-7-12)14(18)16-10-11-5-4-8-15-9-11;/h1-3,6-7,11,13,15,17H,4-5,8-10H2,(H,16,18);1H. The Balaban J connectivity index is 0.00000180. The van der Waals surface area contributed by atoms with E-state index in [1.54, 1.807) is 12.1 Å². The van der Waals surface area contributed by atoms with Crippen molar-refractivity contribution < 1.29 is 9.90 Å². The van der Waals surface area contributed by atoms with Crippen LogP contribution >= 0.6 is 12.4 Å². The molecule has 4 nitrogen and oxygen atoms in total. The van der Waals surface area contributed by atoms with Crippen LogP contribution in [0.4, 0.5) is 0 Å². The van der Waals surface area contributed by atoms with E-state index in [0.717, 1.165) is 25.9 Å². The molecule has 0 bridgehead atoms. The van der Waals surface area contributed by atoms with Gasteiger partial charge in [0.2, 0.25) is 0 Å². The van der Waals surface area contributed by atoms with Crippen molar-refractivity contribution in [2.75, 3.05) is 19.6 Å². The summed E-state index contributed by atoms with van der Waals surface area (Å²) in [5.41, 5.74) is 0.636. The van der Waals surface area contributed by atoms with Crippen LogP contribution in [0.5, 0.6) is 0 Å². The van der Waals surface area contributed by atoms with E-state index in [0.29, 0.717) is 18.0 Å². The molecule has 0 spiro atoms. The van der Waals surface area contributed by atoms with Crippen molar-refractivity contribution in [3.05, 3.63) is 35.9 Å². The molecule has 0 aromatic heterocycles. The third-order valence-electron chi connectivity index (χ3n) is 3.33. The third-order valence-corrected chi connectivity index (χ3v) is 3.33. The Labute approximate surface area is 120 Å². The van der Waals surface area contributed by atoms with Crippen molar-refractivity contribution in [3.8, 4) is 0 Å². The molecular formula is C14H21ClN2O2. The predicted octanol–water partition coefficient (Wildman–Crippen LogP) is 1.26. The largest absolute Gasteiger partial charge is 0.378 e. The monoisotopic (exact) mass is 284 g/mol. The van der Waals surface area contributed by atoms with Crippen LogP contribution in [-0.4, -0.2) is 30.6 Å². The number of benzene rings is 1. The highest BCUT2D eigenvalue weighted by molar-refractivity contribution is 5.85. The topological polar surface area (TPSA) is 61.4 Å². The number of carbonyl (C=O) groups is 1. The summed E-state index contributed by atoms with van der Waals surface area (Å²) in [7, 11) is 0. The molecule has 1 aliphatic rings. The van der Waals surface area contributed by atoms with Gasteiger partial charge in [0, 0.05) is 6.54 Å². The third kappa shape index (κ3) is 4.82. The highest BCUT2D eigenvalue weighted by Gasteiger charge is 2.19. The molecule has 5 heteroatoms. The van der Waals surface area contributed by atoms with Crippen LogP contribution in [0.3, 0.4) is 0 Å². The van der Waals surface area contributed by atoms with Gasteiger partial charge in [0.25, 0.3) is 5.91 Å². The second-order valence-corrected chi connectivity index (χ2v) is 4.77. The Kier molecular flexibility index (Phi) is 6.84. The Morgan fingerprint density at radius 1 is 1.42 bits per heavy atom. The molecule has 1 aromatic rings. The Hall–Kier alpha value is -1.10. The molecule has 1 heterocycles. The molecule has 0 aliphatic carbocycles. The van der Waals surface area contributed by atoms with Gasteiger partial charge in [-0.25, -0.2) is 0 Å². The maximum Gasteiger partial charge on any atom is 0.253 e. The first-order valence-corrected chi connectivity index (χ1v) is 6.49. The van der Waals surface area contributed by atoms with Crippen LogP contribution in [0.2, 0.25) is 0 Å². The summed E-state index contributed by atoms with van der Waals surface area (Å²) in [5, 5.41) is 16.0. The summed E-state index contributed by atoms with van der Waals surface area (Å²) in [4.78, 5) is 11.8. The van der Waals surface area contributed by atoms with E-state index < -0.39 is 6.10 Å². The fourth-order valence-electron chi connectivity index (χ4n) is 2.23. The summed E-state index contributed by atoms with van der Waals surface area (Å²) in [6, 6.07) is 9.01. The Morgan fingerprint density at radius 2 is 2.16 bits per heavy atom. The zero-order valence-electron chi connectivity index (χ0n) is 10.8. The molecule has 1 fully saturated rings. The lowest BCUT2D eigenvalue weighted by molar-refractivity contribution is -0.129. The average Bonchev–Trinajstić information content (AvgIpc) is 2.46. The van der Waals surface area contributed by atoms with E-state index in [2.05, 4.69) is 10.6 Å². The van der Waals surface area contributed by atoms with Gasteiger partial charge in [-0.3, -0.25) is 4.79 Å². The number of halogens is 1. The first-order valence-electron chi connectivity index (χ1n) is 6.49. The van der Waals surface area contributed by atoms with E-state index in [1.165, 1.54) is 0 Å².